The lowest BCUT2D eigenvalue weighted by molar-refractivity contribution is -0.387. The number of hydrogen-bond acceptors (Lipinski definition) is 7. The van der Waals surface area contributed by atoms with Crippen molar-refractivity contribution in [3.05, 3.63) is 55.5 Å². The Bertz CT molecular complexity index is 737. The minimum absolute atomic E-state index is 0.169. The molecule has 0 amide bonds. The first-order valence-corrected chi connectivity index (χ1v) is 5.85. The summed E-state index contributed by atoms with van der Waals surface area (Å²) in [7, 11) is 0. The van der Waals surface area contributed by atoms with E-state index in [1.54, 1.807) is 6.92 Å². The maximum absolute atomic E-state index is 10.9. The van der Waals surface area contributed by atoms with E-state index in [0.29, 0.717) is 5.56 Å². The quantitative estimate of drug-likeness (QED) is 0.483. The molecule has 2 aromatic rings. The van der Waals surface area contributed by atoms with Gasteiger partial charge in [-0.1, -0.05) is 17.7 Å². The fourth-order valence-corrected chi connectivity index (χ4v) is 1.72. The molecule has 0 fully saturated rings. The van der Waals surface area contributed by atoms with E-state index in [1.165, 1.54) is 18.2 Å². The Balaban J connectivity index is 2.53. The standard InChI is InChI=1S/C11H7ClN4O5/c1-6-2-3-7(15(17)18)8(4-6)21-11-9(16(19)20)10(12)13-5-14-11/h2-5H,1H3. The van der Waals surface area contributed by atoms with Gasteiger partial charge in [0.2, 0.25) is 10.9 Å². The first-order valence-electron chi connectivity index (χ1n) is 5.48. The lowest BCUT2D eigenvalue weighted by atomic mass is 10.2. The fourth-order valence-electron chi connectivity index (χ4n) is 1.53. The zero-order valence-corrected chi connectivity index (χ0v) is 11.3. The maximum atomic E-state index is 10.9. The largest absolute Gasteiger partial charge is 0.426 e. The summed E-state index contributed by atoms with van der Waals surface area (Å²) in [4.78, 5) is 27.5. The van der Waals surface area contributed by atoms with E-state index in [1.807, 2.05) is 0 Å². The molecule has 10 heteroatoms. The van der Waals surface area contributed by atoms with Crippen LogP contribution >= 0.6 is 11.6 Å². The van der Waals surface area contributed by atoms with Gasteiger partial charge in [0.1, 0.15) is 6.33 Å². The van der Waals surface area contributed by atoms with E-state index in [4.69, 9.17) is 16.3 Å². The van der Waals surface area contributed by atoms with Crippen molar-refractivity contribution in [3.8, 4) is 11.6 Å². The summed E-state index contributed by atoms with van der Waals surface area (Å²) in [5, 5.41) is 21.5. The van der Waals surface area contributed by atoms with Crippen LogP contribution in [-0.4, -0.2) is 19.8 Å². The molecule has 108 valence electrons. The number of aryl methyl sites for hydroxylation is 1. The number of ether oxygens (including phenoxy) is 1. The number of nitrogens with zero attached hydrogens (tertiary/aromatic N) is 4. The molecule has 1 aromatic carbocycles. The molecule has 0 radical (unpaired) electrons. The smallest absolute Gasteiger partial charge is 0.368 e. The van der Waals surface area contributed by atoms with Crippen LogP contribution in [0, 0.1) is 27.2 Å². The molecule has 0 saturated carbocycles. The third kappa shape index (κ3) is 3.03. The average Bonchev–Trinajstić information content (AvgIpc) is 2.37. The summed E-state index contributed by atoms with van der Waals surface area (Å²) >= 11 is 5.62. The van der Waals surface area contributed by atoms with Crippen LogP contribution in [0.1, 0.15) is 5.56 Å². The Morgan fingerprint density at radius 1 is 1.19 bits per heavy atom. The highest BCUT2D eigenvalue weighted by molar-refractivity contribution is 6.31. The molecule has 0 N–H and O–H groups in total. The van der Waals surface area contributed by atoms with Gasteiger partial charge in [0.25, 0.3) is 0 Å². The van der Waals surface area contributed by atoms with Crippen LogP contribution in [0.3, 0.4) is 0 Å². The van der Waals surface area contributed by atoms with E-state index in [9.17, 15) is 20.2 Å². The zero-order valence-electron chi connectivity index (χ0n) is 10.5. The Labute approximate surface area is 122 Å². The highest BCUT2D eigenvalue weighted by Gasteiger charge is 2.26. The van der Waals surface area contributed by atoms with Crippen LogP contribution in [-0.2, 0) is 0 Å². The van der Waals surface area contributed by atoms with Gasteiger partial charge < -0.3 is 4.74 Å². The van der Waals surface area contributed by atoms with Gasteiger partial charge in [-0.05, 0) is 18.6 Å². The highest BCUT2D eigenvalue weighted by Crippen LogP contribution is 2.37. The fraction of sp³-hybridized carbons (Fsp3) is 0.0909. The van der Waals surface area contributed by atoms with Gasteiger partial charge in [0, 0.05) is 6.07 Å². The predicted molar refractivity (Wildman–Crippen MR) is 71.6 cm³/mol. The molecule has 0 aliphatic heterocycles. The van der Waals surface area contributed by atoms with E-state index >= 15 is 0 Å². The number of benzene rings is 1. The van der Waals surface area contributed by atoms with Crippen molar-refractivity contribution in [1.82, 2.24) is 9.97 Å². The first-order chi connectivity index (χ1) is 9.90. The van der Waals surface area contributed by atoms with Gasteiger partial charge in [-0.25, -0.2) is 4.98 Å². The van der Waals surface area contributed by atoms with Crippen LogP contribution in [0.2, 0.25) is 5.15 Å². The lowest BCUT2D eigenvalue weighted by Gasteiger charge is -2.06. The Morgan fingerprint density at radius 2 is 1.90 bits per heavy atom. The Kier molecular flexibility index (Phi) is 3.94. The van der Waals surface area contributed by atoms with Crippen LogP contribution in [0.5, 0.6) is 11.6 Å². The van der Waals surface area contributed by atoms with Gasteiger partial charge in [-0.15, -0.1) is 0 Å². The number of nitro groups is 2. The maximum Gasteiger partial charge on any atom is 0.368 e. The summed E-state index contributed by atoms with van der Waals surface area (Å²) < 4.78 is 5.21. The highest BCUT2D eigenvalue weighted by atomic mass is 35.5. The molecule has 21 heavy (non-hydrogen) atoms. The molecule has 0 aliphatic carbocycles. The van der Waals surface area contributed by atoms with Gasteiger partial charge >= 0.3 is 17.3 Å². The Hall–Kier alpha value is -2.81. The van der Waals surface area contributed by atoms with Crippen LogP contribution in [0.15, 0.2) is 24.5 Å². The predicted octanol–water partition coefficient (Wildman–Crippen LogP) is 3.05. The number of nitro benzene ring substituents is 1. The SMILES string of the molecule is Cc1ccc([N+](=O)[O-])c(Oc2ncnc(Cl)c2[N+](=O)[O-])c1. The minimum Gasteiger partial charge on any atom is -0.426 e. The van der Waals surface area contributed by atoms with Gasteiger partial charge in [-0.2, -0.15) is 4.98 Å². The van der Waals surface area contributed by atoms with Crippen molar-refractivity contribution in [2.24, 2.45) is 0 Å². The molecule has 0 spiro atoms. The Morgan fingerprint density at radius 3 is 2.52 bits per heavy atom. The van der Waals surface area contributed by atoms with Crippen molar-refractivity contribution >= 4 is 23.0 Å². The molecule has 0 bridgehead atoms. The molecule has 9 nitrogen and oxygen atoms in total. The van der Waals surface area contributed by atoms with E-state index < -0.39 is 26.6 Å². The number of hydrogen-bond donors (Lipinski definition) is 0. The summed E-state index contributed by atoms with van der Waals surface area (Å²) in [6, 6.07) is 4.13. The van der Waals surface area contributed by atoms with Gasteiger partial charge in [0.05, 0.1) is 9.85 Å². The third-order valence-electron chi connectivity index (χ3n) is 2.45. The average molecular weight is 311 g/mol. The number of aromatic nitrogens is 2. The second-order valence-electron chi connectivity index (χ2n) is 3.91. The summed E-state index contributed by atoms with van der Waals surface area (Å²) in [5.41, 5.74) is -0.321. The summed E-state index contributed by atoms with van der Waals surface area (Å²) in [6.45, 7) is 1.69. The van der Waals surface area contributed by atoms with Crippen molar-refractivity contribution in [2.75, 3.05) is 0 Å². The molecule has 1 aromatic heterocycles. The van der Waals surface area contributed by atoms with Crippen molar-refractivity contribution in [1.29, 1.82) is 0 Å². The van der Waals surface area contributed by atoms with Gasteiger partial charge in [-0.3, -0.25) is 20.2 Å². The summed E-state index contributed by atoms with van der Waals surface area (Å²) in [6.07, 6.45) is 0.965. The molecule has 1 heterocycles. The monoisotopic (exact) mass is 310 g/mol. The minimum atomic E-state index is -0.820. The number of halogens is 1. The second-order valence-corrected chi connectivity index (χ2v) is 4.26. The third-order valence-corrected chi connectivity index (χ3v) is 2.72. The van der Waals surface area contributed by atoms with Crippen LogP contribution in [0.25, 0.3) is 0 Å². The van der Waals surface area contributed by atoms with E-state index in [-0.39, 0.29) is 11.4 Å². The van der Waals surface area contributed by atoms with Gasteiger partial charge in [0.15, 0.2) is 0 Å². The molecule has 0 saturated heterocycles. The molecule has 0 unspecified atom stereocenters. The molecule has 2 rings (SSSR count). The molecular weight excluding hydrogens is 304 g/mol. The normalized spacial score (nSPS) is 10.2. The molecular formula is C11H7ClN4O5. The van der Waals surface area contributed by atoms with Crippen molar-refractivity contribution in [3.63, 3.8) is 0 Å². The van der Waals surface area contributed by atoms with E-state index in [0.717, 1.165) is 6.33 Å². The van der Waals surface area contributed by atoms with Crippen molar-refractivity contribution < 1.29 is 14.6 Å². The number of rotatable bonds is 4. The first kappa shape index (κ1) is 14.6. The van der Waals surface area contributed by atoms with E-state index in [2.05, 4.69) is 9.97 Å². The molecule has 0 atom stereocenters. The second kappa shape index (κ2) is 5.67. The van der Waals surface area contributed by atoms with Crippen molar-refractivity contribution in [2.45, 2.75) is 6.92 Å². The van der Waals surface area contributed by atoms with Crippen LogP contribution < -0.4 is 4.74 Å². The molecule has 0 aliphatic rings. The van der Waals surface area contributed by atoms with Crippen LogP contribution in [0.4, 0.5) is 11.4 Å². The zero-order chi connectivity index (χ0) is 15.6. The lowest BCUT2D eigenvalue weighted by Crippen LogP contribution is -2.00. The summed E-state index contributed by atoms with van der Waals surface area (Å²) in [5.74, 6) is -0.633. The topological polar surface area (TPSA) is 121 Å².